The fourth-order valence-corrected chi connectivity index (χ4v) is 2.18. The van der Waals surface area contributed by atoms with Gasteiger partial charge in [-0.15, -0.1) is 0 Å². The lowest BCUT2D eigenvalue weighted by Crippen LogP contribution is -2.20. The van der Waals surface area contributed by atoms with Crippen LogP contribution < -0.4 is 15.4 Å². The molecular formula is C20H16N4O2. The van der Waals surface area contributed by atoms with Gasteiger partial charge >= 0.3 is 0 Å². The first-order chi connectivity index (χ1) is 12.7. The second kappa shape index (κ2) is 8.31. The number of carbonyl (C=O) groups is 1. The Morgan fingerprint density at radius 1 is 1.00 bits per heavy atom. The summed E-state index contributed by atoms with van der Waals surface area (Å²) in [6.45, 7) is -0.0742. The van der Waals surface area contributed by atoms with Crippen molar-refractivity contribution in [2.24, 2.45) is 0 Å². The van der Waals surface area contributed by atoms with E-state index in [9.17, 15) is 4.79 Å². The number of ether oxygens (including phenoxy) is 1. The van der Waals surface area contributed by atoms with Gasteiger partial charge in [-0.2, -0.15) is 5.26 Å². The molecule has 0 aliphatic carbocycles. The molecule has 1 amide bonds. The standard InChI is InChI=1S/C20H16N4O2/c21-12-15-6-8-16(9-7-15)23-19-11-10-17(13-22-19)24-20(25)14-26-18-4-2-1-3-5-18/h1-11,13H,14H2,(H,22,23)(H,24,25). The molecule has 6 nitrogen and oxygen atoms in total. The van der Waals surface area contributed by atoms with Gasteiger partial charge in [0.1, 0.15) is 11.6 Å². The van der Waals surface area contributed by atoms with Gasteiger partial charge in [0.25, 0.3) is 5.91 Å². The first-order valence-corrected chi connectivity index (χ1v) is 7.94. The molecule has 0 unspecified atom stereocenters. The zero-order valence-electron chi connectivity index (χ0n) is 13.8. The van der Waals surface area contributed by atoms with Crippen molar-refractivity contribution in [2.75, 3.05) is 17.2 Å². The van der Waals surface area contributed by atoms with E-state index in [2.05, 4.69) is 21.7 Å². The van der Waals surface area contributed by atoms with Crippen molar-refractivity contribution in [3.05, 3.63) is 78.5 Å². The third-order valence-corrected chi connectivity index (χ3v) is 3.45. The molecule has 0 saturated carbocycles. The third kappa shape index (κ3) is 4.82. The van der Waals surface area contributed by atoms with E-state index < -0.39 is 0 Å². The van der Waals surface area contributed by atoms with Gasteiger partial charge in [-0.25, -0.2) is 4.98 Å². The van der Waals surface area contributed by atoms with Gasteiger partial charge in [-0.1, -0.05) is 18.2 Å². The first-order valence-electron chi connectivity index (χ1n) is 7.94. The van der Waals surface area contributed by atoms with Gasteiger partial charge in [0, 0.05) is 5.69 Å². The summed E-state index contributed by atoms with van der Waals surface area (Å²) in [5.41, 5.74) is 2.00. The fourth-order valence-electron chi connectivity index (χ4n) is 2.18. The van der Waals surface area contributed by atoms with Crippen molar-refractivity contribution in [2.45, 2.75) is 0 Å². The van der Waals surface area contributed by atoms with Gasteiger partial charge < -0.3 is 15.4 Å². The van der Waals surface area contributed by atoms with Crippen LogP contribution in [0.25, 0.3) is 0 Å². The van der Waals surface area contributed by atoms with Gasteiger partial charge in [0.2, 0.25) is 0 Å². The SMILES string of the molecule is N#Cc1ccc(Nc2ccc(NC(=O)COc3ccccc3)cn2)cc1. The molecule has 0 atom stereocenters. The molecule has 3 aromatic rings. The minimum absolute atomic E-state index is 0.0742. The summed E-state index contributed by atoms with van der Waals surface area (Å²) in [4.78, 5) is 16.2. The van der Waals surface area contributed by atoms with Crippen molar-refractivity contribution in [3.63, 3.8) is 0 Å². The number of aromatic nitrogens is 1. The summed E-state index contributed by atoms with van der Waals surface area (Å²) < 4.78 is 5.39. The highest BCUT2D eigenvalue weighted by Crippen LogP contribution is 2.17. The number of nitrogens with one attached hydrogen (secondary N) is 2. The summed E-state index contributed by atoms with van der Waals surface area (Å²) in [7, 11) is 0. The Morgan fingerprint density at radius 3 is 2.38 bits per heavy atom. The van der Waals surface area contributed by atoms with E-state index in [0.29, 0.717) is 22.8 Å². The molecule has 0 saturated heterocycles. The quantitative estimate of drug-likeness (QED) is 0.712. The molecule has 0 fully saturated rings. The van der Waals surface area contributed by atoms with E-state index in [0.717, 1.165) is 5.69 Å². The lowest BCUT2D eigenvalue weighted by atomic mass is 10.2. The summed E-state index contributed by atoms with van der Waals surface area (Å²) >= 11 is 0. The Hall–Kier alpha value is -3.85. The normalized spacial score (nSPS) is 9.81. The van der Waals surface area contributed by atoms with E-state index in [1.54, 1.807) is 54.7 Å². The number of para-hydroxylation sites is 1. The van der Waals surface area contributed by atoms with Crippen molar-refractivity contribution in [1.82, 2.24) is 4.98 Å². The summed E-state index contributed by atoms with van der Waals surface area (Å²) in [5, 5.41) is 14.7. The Morgan fingerprint density at radius 2 is 1.73 bits per heavy atom. The number of carbonyl (C=O) groups excluding carboxylic acids is 1. The van der Waals surface area contributed by atoms with E-state index in [1.807, 2.05) is 18.2 Å². The highest BCUT2D eigenvalue weighted by molar-refractivity contribution is 5.91. The minimum atomic E-state index is -0.261. The Kier molecular flexibility index (Phi) is 5.43. The van der Waals surface area contributed by atoms with Gasteiger partial charge in [-0.05, 0) is 48.5 Å². The molecule has 2 N–H and O–H groups in total. The second-order valence-electron chi connectivity index (χ2n) is 5.40. The lowest BCUT2D eigenvalue weighted by Gasteiger charge is -2.09. The number of amides is 1. The van der Waals surface area contributed by atoms with Crippen molar-refractivity contribution < 1.29 is 9.53 Å². The van der Waals surface area contributed by atoms with Crippen molar-refractivity contribution in [3.8, 4) is 11.8 Å². The summed E-state index contributed by atoms with van der Waals surface area (Å²) in [6.07, 6.45) is 1.56. The molecule has 6 heteroatoms. The van der Waals surface area contributed by atoms with Crippen LogP contribution in [0.1, 0.15) is 5.56 Å². The second-order valence-corrected chi connectivity index (χ2v) is 5.40. The Bertz CT molecular complexity index is 901. The summed E-state index contributed by atoms with van der Waals surface area (Å²) in [5.74, 6) is 1.01. The number of nitrogens with zero attached hydrogens (tertiary/aromatic N) is 2. The molecule has 0 radical (unpaired) electrons. The molecule has 3 rings (SSSR count). The van der Waals surface area contributed by atoms with Crippen LogP contribution in [0, 0.1) is 11.3 Å². The number of hydrogen-bond donors (Lipinski definition) is 2. The van der Waals surface area contributed by atoms with Crippen LogP contribution in [0.2, 0.25) is 0 Å². The molecule has 2 aromatic carbocycles. The largest absolute Gasteiger partial charge is 0.484 e. The smallest absolute Gasteiger partial charge is 0.262 e. The average molecular weight is 344 g/mol. The monoisotopic (exact) mass is 344 g/mol. The van der Waals surface area contributed by atoms with Crippen LogP contribution in [0.15, 0.2) is 72.9 Å². The molecule has 1 aromatic heterocycles. The molecule has 128 valence electrons. The average Bonchev–Trinajstić information content (AvgIpc) is 2.69. The van der Waals surface area contributed by atoms with Gasteiger partial charge in [0.05, 0.1) is 23.5 Å². The number of pyridine rings is 1. The van der Waals surface area contributed by atoms with Crippen LogP contribution in [-0.2, 0) is 4.79 Å². The highest BCUT2D eigenvalue weighted by atomic mass is 16.5. The number of hydrogen-bond acceptors (Lipinski definition) is 5. The maximum Gasteiger partial charge on any atom is 0.262 e. The topological polar surface area (TPSA) is 87.0 Å². The van der Waals surface area contributed by atoms with Crippen LogP contribution >= 0.6 is 0 Å². The van der Waals surface area contributed by atoms with Crippen LogP contribution in [-0.4, -0.2) is 17.5 Å². The third-order valence-electron chi connectivity index (χ3n) is 3.45. The van der Waals surface area contributed by atoms with Crippen LogP contribution in [0.3, 0.4) is 0 Å². The lowest BCUT2D eigenvalue weighted by molar-refractivity contribution is -0.118. The van der Waals surface area contributed by atoms with Gasteiger partial charge in [-0.3, -0.25) is 4.79 Å². The zero-order chi connectivity index (χ0) is 18.2. The van der Waals surface area contributed by atoms with Crippen molar-refractivity contribution in [1.29, 1.82) is 5.26 Å². The number of anilines is 3. The zero-order valence-corrected chi connectivity index (χ0v) is 13.8. The van der Waals surface area contributed by atoms with E-state index in [-0.39, 0.29) is 12.5 Å². The Balaban J connectivity index is 1.52. The Labute approximate surface area is 151 Å². The number of nitriles is 1. The minimum Gasteiger partial charge on any atom is -0.484 e. The van der Waals surface area contributed by atoms with Crippen LogP contribution in [0.4, 0.5) is 17.2 Å². The van der Waals surface area contributed by atoms with Gasteiger partial charge in [0.15, 0.2) is 6.61 Å². The van der Waals surface area contributed by atoms with Crippen molar-refractivity contribution >= 4 is 23.1 Å². The maximum absolute atomic E-state index is 11.9. The predicted molar refractivity (Wildman–Crippen MR) is 99.2 cm³/mol. The molecular weight excluding hydrogens is 328 g/mol. The molecule has 0 bridgehead atoms. The molecule has 0 aliphatic heterocycles. The number of benzene rings is 2. The molecule has 0 spiro atoms. The van der Waals surface area contributed by atoms with E-state index >= 15 is 0 Å². The van der Waals surface area contributed by atoms with E-state index in [1.165, 1.54) is 0 Å². The highest BCUT2D eigenvalue weighted by Gasteiger charge is 2.04. The first kappa shape index (κ1) is 17.0. The molecule has 26 heavy (non-hydrogen) atoms. The predicted octanol–water partition coefficient (Wildman–Crippen LogP) is 3.71. The summed E-state index contributed by atoms with van der Waals surface area (Å²) in [6, 6.07) is 21.8. The molecule has 1 heterocycles. The molecule has 0 aliphatic rings. The van der Waals surface area contributed by atoms with Crippen LogP contribution in [0.5, 0.6) is 5.75 Å². The van der Waals surface area contributed by atoms with E-state index in [4.69, 9.17) is 10.00 Å². The fraction of sp³-hybridized carbons (Fsp3) is 0.0500. The number of rotatable bonds is 6. The maximum atomic E-state index is 11.9.